The second kappa shape index (κ2) is 7.14. The third kappa shape index (κ3) is 3.36. The second-order valence-corrected chi connectivity index (χ2v) is 5.62. The van der Waals surface area contributed by atoms with Crippen molar-refractivity contribution in [2.75, 3.05) is 26.7 Å². The van der Waals surface area contributed by atoms with E-state index >= 15 is 0 Å². The summed E-state index contributed by atoms with van der Waals surface area (Å²) in [4.78, 5) is 2.11. The van der Waals surface area contributed by atoms with Crippen LogP contribution in [0.3, 0.4) is 0 Å². The molecule has 2 nitrogen and oxygen atoms in total. The van der Waals surface area contributed by atoms with Gasteiger partial charge < -0.3 is 5.32 Å². The molecule has 0 aromatic heterocycles. The van der Waals surface area contributed by atoms with Crippen molar-refractivity contribution in [3.8, 4) is 0 Å². The predicted octanol–water partition coefficient (Wildman–Crippen LogP) is 3.35. The maximum absolute atomic E-state index is 14.1. The molecule has 0 aliphatic carbocycles. The highest BCUT2D eigenvalue weighted by Crippen LogP contribution is 2.36. The highest BCUT2D eigenvalue weighted by atomic mass is 19.1. The summed E-state index contributed by atoms with van der Waals surface area (Å²) in [5, 5.41) is 3.33. The number of rotatable bonds is 4. The van der Waals surface area contributed by atoms with Crippen LogP contribution in [0.5, 0.6) is 0 Å². The van der Waals surface area contributed by atoms with E-state index < -0.39 is 11.6 Å². The van der Waals surface area contributed by atoms with Crippen LogP contribution in [0, 0.1) is 17.6 Å². The fourth-order valence-electron chi connectivity index (χ4n) is 3.22. The summed E-state index contributed by atoms with van der Waals surface area (Å²) in [6, 6.07) is 3.98. The molecule has 20 heavy (non-hydrogen) atoms. The first-order valence-corrected chi connectivity index (χ1v) is 7.50. The lowest BCUT2D eigenvalue weighted by Crippen LogP contribution is -2.36. The Morgan fingerprint density at radius 1 is 1.25 bits per heavy atom. The number of nitrogens with zero attached hydrogens (tertiary/aromatic N) is 1. The zero-order valence-electron chi connectivity index (χ0n) is 12.3. The topological polar surface area (TPSA) is 15.3 Å². The molecule has 112 valence electrons. The molecular formula is C16H24F2N2. The number of hydrogen-bond donors (Lipinski definition) is 1. The van der Waals surface area contributed by atoms with Crippen LogP contribution in [0.1, 0.15) is 37.8 Å². The van der Waals surface area contributed by atoms with Crippen molar-refractivity contribution in [2.45, 2.75) is 32.2 Å². The number of halogens is 2. The van der Waals surface area contributed by atoms with Gasteiger partial charge in [0.1, 0.15) is 11.6 Å². The van der Waals surface area contributed by atoms with E-state index in [0.29, 0.717) is 0 Å². The normalized spacial score (nSPS) is 24.6. The van der Waals surface area contributed by atoms with Gasteiger partial charge in [-0.25, -0.2) is 8.78 Å². The Morgan fingerprint density at radius 3 is 2.60 bits per heavy atom. The van der Waals surface area contributed by atoms with Crippen LogP contribution in [-0.2, 0) is 0 Å². The van der Waals surface area contributed by atoms with Crippen molar-refractivity contribution in [3.05, 3.63) is 35.4 Å². The first-order chi connectivity index (χ1) is 9.65. The zero-order chi connectivity index (χ0) is 14.5. The van der Waals surface area contributed by atoms with Gasteiger partial charge in [0.2, 0.25) is 0 Å². The van der Waals surface area contributed by atoms with Crippen molar-refractivity contribution < 1.29 is 8.78 Å². The van der Waals surface area contributed by atoms with E-state index in [1.807, 2.05) is 7.05 Å². The molecule has 1 fully saturated rings. The minimum atomic E-state index is -0.426. The molecule has 0 bridgehead atoms. The van der Waals surface area contributed by atoms with Gasteiger partial charge in [0, 0.05) is 11.6 Å². The summed E-state index contributed by atoms with van der Waals surface area (Å²) in [5.74, 6) is -0.607. The molecule has 4 heteroatoms. The predicted molar refractivity (Wildman–Crippen MR) is 77.6 cm³/mol. The van der Waals surface area contributed by atoms with E-state index in [4.69, 9.17) is 0 Å². The van der Waals surface area contributed by atoms with E-state index in [1.54, 1.807) is 0 Å². The Labute approximate surface area is 120 Å². The lowest BCUT2D eigenvalue weighted by molar-refractivity contribution is 0.180. The molecular weight excluding hydrogens is 258 g/mol. The number of hydrogen-bond acceptors (Lipinski definition) is 2. The van der Waals surface area contributed by atoms with Crippen LogP contribution >= 0.6 is 0 Å². The molecule has 1 saturated heterocycles. The Balaban J connectivity index is 2.35. The minimum absolute atomic E-state index is 0.183. The minimum Gasteiger partial charge on any atom is -0.317 e. The Kier molecular flexibility index (Phi) is 5.49. The summed E-state index contributed by atoms with van der Waals surface area (Å²) in [5.41, 5.74) is 0.236. The van der Waals surface area contributed by atoms with Crippen LogP contribution in [0.25, 0.3) is 0 Å². The van der Waals surface area contributed by atoms with Gasteiger partial charge in [0.05, 0.1) is 0 Å². The van der Waals surface area contributed by atoms with Crippen LogP contribution < -0.4 is 5.32 Å². The van der Waals surface area contributed by atoms with Gasteiger partial charge in [-0.05, 0) is 57.6 Å². The van der Waals surface area contributed by atoms with E-state index in [-0.39, 0.29) is 17.5 Å². The highest BCUT2D eigenvalue weighted by Gasteiger charge is 2.32. The molecule has 0 saturated carbocycles. The maximum atomic E-state index is 14.1. The molecule has 2 rings (SSSR count). The smallest absolute Gasteiger partial charge is 0.130 e. The Hall–Kier alpha value is -1.00. The molecule has 1 aromatic rings. The van der Waals surface area contributed by atoms with Crippen molar-refractivity contribution in [1.82, 2.24) is 10.2 Å². The molecule has 1 aromatic carbocycles. The van der Waals surface area contributed by atoms with Gasteiger partial charge in [0.25, 0.3) is 0 Å². The lowest BCUT2D eigenvalue weighted by atomic mass is 9.88. The van der Waals surface area contributed by atoms with Crippen molar-refractivity contribution in [3.63, 3.8) is 0 Å². The van der Waals surface area contributed by atoms with Gasteiger partial charge in [-0.1, -0.05) is 19.4 Å². The van der Waals surface area contributed by atoms with Crippen molar-refractivity contribution >= 4 is 0 Å². The molecule has 1 N–H and O–H groups in total. The van der Waals surface area contributed by atoms with E-state index in [2.05, 4.69) is 17.1 Å². The number of benzene rings is 1. The molecule has 2 atom stereocenters. The highest BCUT2D eigenvalue weighted by molar-refractivity contribution is 5.24. The average molecular weight is 282 g/mol. The Bertz CT molecular complexity index is 416. The molecule has 1 aliphatic rings. The fraction of sp³-hybridized carbons (Fsp3) is 0.625. The number of nitrogens with one attached hydrogen (secondary N) is 1. The van der Waals surface area contributed by atoms with Crippen LogP contribution in [0.15, 0.2) is 18.2 Å². The third-order valence-electron chi connectivity index (χ3n) is 4.21. The Morgan fingerprint density at radius 2 is 1.95 bits per heavy atom. The molecule has 0 amide bonds. The molecule has 1 heterocycles. The monoisotopic (exact) mass is 282 g/mol. The van der Waals surface area contributed by atoms with Crippen molar-refractivity contribution in [2.24, 2.45) is 5.92 Å². The van der Waals surface area contributed by atoms with Crippen molar-refractivity contribution in [1.29, 1.82) is 0 Å². The quantitative estimate of drug-likeness (QED) is 0.911. The van der Waals surface area contributed by atoms with Gasteiger partial charge in [0.15, 0.2) is 0 Å². The molecule has 0 radical (unpaired) electrons. The molecule has 1 aliphatic heterocycles. The lowest BCUT2D eigenvalue weighted by Gasteiger charge is -2.33. The van der Waals surface area contributed by atoms with Gasteiger partial charge in [-0.15, -0.1) is 0 Å². The second-order valence-electron chi connectivity index (χ2n) is 5.62. The summed E-state index contributed by atoms with van der Waals surface area (Å²) < 4.78 is 28.3. The van der Waals surface area contributed by atoms with E-state index in [9.17, 15) is 8.78 Å². The first kappa shape index (κ1) is 15.4. The SMILES string of the molecule is CCNCC1CCCCN(C)C1c1c(F)cccc1F. The van der Waals surface area contributed by atoms with Crippen LogP contribution in [-0.4, -0.2) is 31.6 Å². The first-order valence-electron chi connectivity index (χ1n) is 7.50. The standard InChI is InChI=1S/C16H24F2N2/c1-3-19-11-12-7-4-5-10-20(2)16(12)15-13(17)8-6-9-14(15)18/h6,8-9,12,16,19H,3-5,7,10-11H2,1-2H3. The van der Waals surface area contributed by atoms with Gasteiger partial charge in [-0.2, -0.15) is 0 Å². The van der Waals surface area contributed by atoms with Crippen LogP contribution in [0.4, 0.5) is 8.78 Å². The summed E-state index contributed by atoms with van der Waals surface area (Å²) in [6.45, 7) is 4.63. The number of likely N-dealkylation sites (tertiary alicyclic amines) is 1. The maximum Gasteiger partial charge on any atom is 0.130 e. The summed E-state index contributed by atoms with van der Waals surface area (Å²) >= 11 is 0. The molecule has 0 spiro atoms. The van der Waals surface area contributed by atoms with Gasteiger partial charge >= 0.3 is 0 Å². The fourth-order valence-corrected chi connectivity index (χ4v) is 3.22. The van der Waals surface area contributed by atoms with E-state index in [1.165, 1.54) is 18.2 Å². The zero-order valence-corrected chi connectivity index (χ0v) is 12.3. The summed E-state index contributed by atoms with van der Waals surface area (Å²) in [7, 11) is 1.97. The van der Waals surface area contributed by atoms with Crippen LogP contribution in [0.2, 0.25) is 0 Å². The third-order valence-corrected chi connectivity index (χ3v) is 4.21. The average Bonchev–Trinajstić information content (AvgIpc) is 2.59. The largest absolute Gasteiger partial charge is 0.317 e. The summed E-state index contributed by atoms with van der Waals surface area (Å²) in [6.07, 6.45) is 3.22. The molecule has 2 unspecified atom stereocenters. The van der Waals surface area contributed by atoms with E-state index in [0.717, 1.165) is 38.9 Å². The van der Waals surface area contributed by atoms with Gasteiger partial charge in [-0.3, -0.25) is 4.90 Å².